The van der Waals surface area contributed by atoms with Gasteiger partial charge in [0.25, 0.3) is 0 Å². The van der Waals surface area contributed by atoms with E-state index in [1.807, 2.05) is 0 Å². The van der Waals surface area contributed by atoms with Gasteiger partial charge in [0.2, 0.25) is 0 Å². The van der Waals surface area contributed by atoms with E-state index in [1.54, 1.807) is 30.5 Å². The second-order valence-electron chi connectivity index (χ2n) is 8.06. The van der Waals surface area contributed by atoms with Gasteiger partial charge in [-0.05, 0) is 47.9 Å². The molecular weight excluding hydrogens is 490 g/mol. The van der Waals surface area contributed by atoms with Crippen molar-refractivity contribution in [3.05, 3.63) is 89.6 Å². The molecule has 3 aromatic carbocycles. The average Bonchev–Trinajstić information content (AvgIpc) is 3.31. The summed E-state index contributed by atoms with van der Waals surface area (Å²) in [6, 6.07) is 16.1. The zero-order valence-electron chi connectivity index (χ0n) is 19.4. The Bertz CT molecular complexity index is 1400. The number of rotatable bonds is 8. The molecule has 0 saturated carbocycles. The molecule has 4 N–H and O–H groups in total. The van der Waals surface area contributed by atoms with Crippen LogP contribution in [0.3, 0.4) is 0 Å². The number of carbonyl (C=O) groups is 1. The van der Waals surface area contributed by atoms with Crippen LogP contribution in [0.4, 0.5) is 18.9 Å². The summed E-state index contributed by atoms with van der Waals surface area (Å²) in [5.41, 5.74) is 2.03. The molecule has 0 aliphatic heterocycles. The molecule has 0 aliphatic rings. The van der Waals surface area contributed by atoms with Gasteiger partial charge in [-0.3, -0.25) is 0 Å². The van der Waals surface area contributed by atoms with E-state index in [0.717, 1.165) is 6.07 Å². The molecule has 0 spiro atoms. The third-order valence-electron chi connectivity index (χ3n) is 5.64. The SMILES string of the molecule is COc1ccc(NCc2cn(-c3ccc(C(=O)O)cc3)nc2-c2ccc(B(O)O)cc2)cc1C(F)(F)F. The van der Waals surface area contributed by atoms with Crippen molar-refractivity contribution in [1.29, 1.82) is 0 Å². The Balaban J connectivity index is 1.69. The zero-order chi connectivity index (χ0) is 26.7. The summed E-state index contributed by atoms with van der Waals surface area (Å²) in [6.45, 7) is 0.108. The van der Waals surface area contributed by atoms with E-state index in [1.165, 1.54) is 48.2 Å². The number of nitrogens with one attached hydrogen (secondary N) is 1. The molecule has 0 atom stereocenters. The first kappa shape index (κ1) is 25.8. The lowest BCUT2D eigenvalue weighted by Gasteiger charge is -2.14. The number of methoxy groups -OCH3 is 1. The van der Waals surface area contributed by atoms with E-state index in [0.29, 0.717) is 22.5 Å². The molecule has 0 aliphatic carbocycles. The van der Waals surface area contributed by atoms with Crippen molar-refractivity contribution < 1.29 is 37.9 Å². The van der Waals surface area contributed by atoms with Gasteiger partial charge in [-0.25, -0.2) is 9.48 Å². The monoisotopic (exact) mass is 511 g/mol. The number of halogens is 3. The first-order valence-corrected chi connectivity index (χ1v) is 10.9. The zero-order valence-corrected chi connectivity index (χ0v) is 19.4. The van der Waals surface area contributed by atoms with E-state index in [-0.39, 0.29) is 29.0 Å². The van der Waals surface area contributed by atoms with E-state index < -0.39 is 24.8 Å². The van der Waals surface area contributed by atoms with Gasteiger partial charge in [-0.2, -0.15) is 18.3 Å². The van der Waals surface area contributed by atoms with Crippen LogP contribution in [0.25, 0.3) is 16.9 Å². The maximum absolute atomic E-state index is 13.4. The molecule has 0 amide bonds. The summed E-state index contributed by atoms with van der Waals surface area (Å²) >= 11 is 0. The van der Waals surface area contributed by atoms with Crippen molar-refractivity contribution in [3.63, 3.8) is 0 Å². The van der Waals surface area contributed by atoms with Crippen LogP contribution in [0.5, 0.6) is 5.75 Å². The highest BCUT2D eigenvalue weighted by Gasteiger charge is 2.34. The molecule has 37 heavy (non-hydrogen) atoms. The number of carboxylic acid groups (broad SMARTS) is 1. The van der Waals surface area contributed by atoms with Gasteiger partial charge in [-0.15, -0.1) is 0 Å². The minimum atomic E-state index is -4.60. The lowest BCUT2D eigenvalue weighted by atomic mass is 9.80. The summed E-state index contributed by atoms with van der Waals surface area (Å²) < 4.78 is 46.7. The number of carboxylic acids is 1. The van der Waals surface area contributed by atoms with Crippen LogP contribution in [-0.2, 0) is 12.7 Å². The minimum absolute atomic E-state index is 0.108. The van der Waals surface area contributed by atoms with Crippen LogP contribution in [0.15, 0.2) is 72.9 Å². The molecule has 0 fully saturated rings. The number of hydrogen-bond acceptors (Lipinski definition) is 6. The number of aromatic carboxylic acids is 1. The molecule has 0 bridgehead atoms. The van der Waals surface area contributed by atoms with E-state index >= 15 is 0 Å². The number of hydrogen-bond donors (Lipinski definition) is 4. The van der Waals surface area contributed by atoms with Crippen LogP contribution >= 0.6 is 0 Å². The van der Waals surface area contributed by atoms with Crippen LogP contribution < -0.4 is 15.5 Å². The molecule has 190 valence electrons. The standard InChI is InChI=1S/C25H21BF3N3O5/c1-37-22-11-8-19(12-21(22)25(27,28)29)30-13-17-14-32(20-9-4-16(5-10-20)24(33)34)31-23(17)15-2-6-18(7-3-15)26(35)36/h2-12,14,30,35-36H,13H2,1H3,(H,33,34). The maximum Gasteiger partial charge on any atom is 0.488 e. The Morgan fingerprint density at radius 3 is 2.30 bits per heavy atom. The molecule has 12 heteroatoms. The maximum atomic E-state index is 13.4. The Morgan fingerprint density at radius 2 is 1.73 bits per heavy atom. The largest absolute Gasteiger partial charge is 0.496 e. The molecule has 4 rings (SSSR count). The second kappa shape index (κ2) is 10.4. The Kier molecular flexibility index (Phi) is 7.23. The van der Waals surface area contributed by atoms with Gasteiger partial charge < -0.3 is 25.2 Å². The molecule has 0 unspecified atom stereocenters. The summed E-state index contributed by atoms with van der Waals surface area (Å²) in [5, 5.41) is 35.5. The Morgan fingerprint density at radius 1 is 1.05 bits per heavy atom. The first-order valence-electron chi connectivity index (χ1n) is 10.9. The molecule has 0 saturated heterocycles. The summed E-state index contributed by atoms with van der Waals surface area (Å²) in [5.74, 6) is -1.36. The lowest BCUT2D eigenvalue weighted by molar-refractivity contribution is -0.138. The molecule has 1 aromatic heterocycles. The summed E-state index contributed by atoms with van der Waals surface area (Å²) in [4.78, 5) is 11.2. The topological polar surface area (TPSA) is 117 Å². The van der Waals surface area contributed by atoms with Crippen molar-refractivity contribution in [2.24, 2.45) is 0 Å². The van der Waals surface area contributed by atoms with Gasteiger partial charge in [0.1, 0.15) is 5.75 Å². The van der Waals surface area contributed by atoms with E-state index in [2.05, 4.69) is 10.4 Å². The number of nitrogens with zero attached hydrogens (tertiary/aromatic N) is 2. The Hall–Kier alpha value is -4.29. The molecule has 0 radical (unpaired) electrons. The highest BCUT2D eigenvalue weighted by molar-refractivity contribution is 6.58. The van der Waals surface area contributed by atoms with E-state index in [4.69, 9.17) is 9.84 Å². The van der Waals surface area contributed by atoms with Gasteiger partial charge in [0.05, 0.1) is 29.6 Å². The number of benzene rings is 3. The molecule has 8 nitrogen and oxygen atoms in total. The highest BCUT2D eigenvalue weighted by atomic mass is 19.4. The average molecular weight is 511 g/mol. The summed E-state index contributed by atoms with van der Waals surface area (Å²) in [7, 11) is -0.471. The van der Waals surface area contributed by atoms with Crippen LogP contribution in [0.2, 0.25) is 0 Å². The smallest absolute Gasteiger partial charge is 0.488 e. The second-order valence-corrected chi connectivity index (χ2v) is 8.06. The number of ether oxygens (including phenoxy) is 1. The fourth-order valence-electron chi connectivity index (χ4n) is 3.72. The normalized spacial score (nSPS) is 11.3. The van der Waals surface area contributed by atoms with Crippen molar-refractivity contribution in [3.8, 4) is 22.7 Å². The van der Waals surface area contributed by atoms with Gasteiger partial charge in [0.15, 0.2) is 0 Å². The highest BCUT2D eigenvalue weighted by Crippen LogP contribution is 2.38. The van der Waals surface area contributed by atoms with Gasteiger partial charge >= 0.3 is 19.3 Å². The van der Waals surface area contributed by atoms with Crippen LogP contribution in [-0.4, -0.2) is 45.1 Å². The van der Waals surface area contributed by atoms with Crippen molar-refractivity contribution in [2.45, 2.75) is 12.7 Å². The Labute approximate surface area is 209 Å². The van der Waals surface area contributed by atoms with Gasteiger partial charge in [-0.1, -0.05) is 24.3 Å². The van der Waals surface area contributed by atoms with Crippen molar-refractivity contribution in [1.82, 2.24) is 9.78 Å². The lowest BCUT2D eigenvalue weighted by Crippen LogP contribution is -2.29. The third kappa shape index (κ3) is 5.76. The van der Waals surface area contributed by atoms with Crippen molar-refractivity contribution in [2.75, 3.05) is 12.4 Å². The third-order valence-corrected chi connectivity index (χ3v) is 5.64. The summed E-state index contributed by atoms with van der Waals surface area (Å²) in [6.07, 6.45) is -2.92. The van der Waals surface area contributed by atoms with Crippen LogP contribution in [0, 0.1) is 0 Å². The van der Waals surface area contributed by atoms with Crippen molar-refractivity contribution >= 4 is 24.2 Å². The fraction of sp³-hybridized carbons (Fsp3) is 0.120. The van der Waals surface area contributed by atoms with Gasteiger partial charge in [0, 0.05) is 29.6 Å². The first-order chi connectivity index (χ1) is 17.6. The molecular formula is C25H21BF3N3O5. The minimum Gasteiger partial charge on any atom is -0.496 e. The molecule has 1 heterocycles. The molecule has 4 aromatic rings. The predicted molar refractivity (Wildman–Crippen MR) is 131 cm³/mol. The van der Waals surface area contributed by atoms with E-state index in [9.17, 15) is 28.0 Å². The quantitative estimate of drug-likeness (QED) is 0.268. The number of aromatic nitrogens is 2. The number of alkyl halides is 3. The number of anilines is 1. The predicted octanol–water partition coefficient (Wildman–Crippen LogP) is 3.56. The van der Waals surface area contributed by atoms with Crippen LogP contribution in [0.1, 0.15) is 21.5 Å². The fourth-order valence-corrected chi connectivity index (χ4v) is 3.72.